The van der Waals surface area contributed by atoms with E-state index in [-0.39, 0.29) is 0 Å². The molecule has 0 heterocycles. The first-order chi connectivity index (χ1) is 8.33. The summed E-state index contributed by atoms with van der Waals surface area (Å²) in [5.41, 5.74) is 1.20. The first kappa shape index (κ1) is 14.0. The molecule has 1 N–H and O–H groups in total. The standard InChI is InChI=1S/C14H24N2O/c1-3-17-13-12-16(2)11-7-10-15-14-8-5-4-6-9-14/h4-6,8-9,15H,3,7,10-13H2,1-2H3. The Kier molecular flexibility index (Phi) is 7.43. The lowest BCUT2D eigenvalue weighted by molar-refractivity contribution is 0.122. The summed E-state index contributed by atoms with van der Waals surface area (Å²) in [6, 6.07) is 10.3. The fourth-order valence-electron chi connectivity index (χ4n) is 1.61. The minimum absolute atomic E-state index is 0.809. The van der Waals surface area contributed by atoms with E-state index in [1.807, 2.05) is 13.0 Å². The zero-order valence-electron chi connectivity index (χ0n) is 11.0. The van der Waals surface area contributed by atoms with Crippen LogP contribution in [-0.4, -0.2) is 44.8 Å². The molecule has 0 fully saturated rings. The molecule has 0 spiro atoms. The van der Waals surface area contributed by atoms with Crippen LogP contribution in [0.5, 0.6) is 0 Å². The topological polar surface area (TPSA) is 24.5 Å². The predicted octanol–water partition coefficient (Wildman–Crippen LogP) is 2.46. The highest BCUT2D eigenvalue weighted by molar-refractivity contribution is 5.42. The van der Waals surface area contributed by atoms with Crippen LogP contribution in [0.2, 0.25) is 0 Å². The molecule has 0 aliphatic rings. The molecule has 0 radical (unpaired) electrons. The molecule has 3 nitrogen and oxygen atoms in total. The number of hydrogen-bond acceptors (Lipinski definition) is 3. The summed E-state index contributed by atoms with van der Waals surface area (Å²) in [5.74, 6) is 0. The monoisotopic (exact) mass is 236 g/mol. The second-order valence-electron chi connectivity index (χ2n) is 4.15. The molecule has 0 aromatic heterocycles. The van der Waals surface area contributed by atoms with Crippen molar-refractivity contribution in [1.29, 1.82) is 0 Å². The van der Waals surface area contributed by atoms with E-state index in [4.69, 9.17) is 4.74 Å². The molecule has 1 aromatic rings. The molecular weight excluding hydrogens is 212 g/mol. The third-order valence-electron chi connectivity index (χ3n) is 2.64. The maximum absolute atomic E-state index is 5.32. The summed E-state index contributed by atoms with van der Waals surface area (Å²) >= 11 is 0. The molecule has 0 saturated heterocycles. The molecule has 17 heavy (non-hydrogen) atoms. The van der Waals surface area contributed by atoms with E-state index in [2.05, 4.69) is 41.5 Å². The van der Waals surface area contributed by atoms with Gasteiger partial charge >= 0.3 is 0 Å². The Morgan fingerprint density at radius 2 is 1.94 bits per heavy atom. The molecule has 1 rings (SSSR count). The lowest BCUT2D eigenvalue weighted by atomic mass is 10.3. The Morgan fingerprint density at radius 3 is 2.65 bits per heavy atom. The van der Waals surface area contributed by atoms with Crippen molar-refractivity contribution < 1.29 is 4.74 Å². The van der Waals surface area contributed by atoms with E-state index in [1.54, 1.807) is 0 Å². The lowest BCUT2D eigenvalue weighted by Crippen LogP contribution is -2.25. The van der Waals surface area contributed by atoms with Crippen LogP contribution < -0.4 is 5.32 Å². The maximum atomic E-state index is 5.32. The van der Waals surface area contributed by atoms with Crippen molar-refractivity contribution in [2.24, 2.45) is 0 Å². The molecule has 1 aromatic carbocycles. The smallest absolute Gasteiger partial charge is 0.0593 e. The first-order valence-electron chi connectivity index (χ1n) is 6.38. The molecule has 0 aliphatic heterocycles. The van der Waals surface area contributed by atoms with Crippen LogP contribution in [0.15, 0.2) is 30.3 Å². The molecule has 3 heteroatoms. The largest absolute Gasteiger partial charge is 0.385 e. The van der Waals surface area contributed by atoms with Gasteiger partial charge in [-0.15, -0.1) is 0 Å². The summed E-state index contributed by atoms with van der Waals surface area (Å²) in [7, 11) is 2.14. The molecule has 0 saturated carbocycles. The Bertz CT molecular complexity index is 277. The molecular formula is C14H24N2O. The summed E-state index contributed by atoms with van der Waals surface area (Å²) in [4.78, 5) is 2.31. The Labute approximate surface area is 105 Å². The van der Waals surface area contributed by atoms with Crippen molar-refractivity contribution in [2.45, 2.75) is 13.3 Å². The van der Waals surface area contributed by atoms with Gasteiger partial charge in [0.2, 0.25) is 0 Å². The van der Waals surface area contributed by atoms with E-state index >= 15 is 0 Å². The quantitative estimate of drug-likeness (QED) is 0.667. The van der Waals surface area contributed by atoms with Crippen LogP contribution in [0.3, 0.4) is 0 Å². The van der Waals surface area contributed by atoms with Gasteiger partial charge in [0, 0.05) is 25.4 Å². The molecule has 0 amide bonds. The van der Waals surface area contributed by atoms with Crippen molar-refractivity contribution >= 4 is 5.69 Å². The number of ether oxygens (including phenoxy) is 1. The van der Waals surface area contributed by atoms with Crippen LogP contribution in [0.25, 0.3) is 0 Å². The van der Waals surface area contributed by atoms with Crippen LogP contribution in [-0.2, 0) is 4.74 Å². The number of nitrogens with one attached hydrogen (secondary N) is 1. The zero-order chi connectivity index (χ0) is 12.3. The van der Waals surface area contributed by atoms with Crippen molar-refractivity contribution in [3.8, 4) is 0 Å². The fourth-order valence-corrected chi connectivity index (χ4v) is 1.61. The minimum Gasteiger partial charge on any atom is -0.385 e. The number of para-hydroxylation sites is 1. The summed E-state index contributed by atoms with van der Waals surface area (Å²) < 4.78 is 5.32. The highest BCUT2D eigenvalue weighted by Crippen LogP contribution is 2.04. The third-order valence-corrected chi connectivity index (χ3v) is 2.64. The van der Waals surface area contributed by atoms with E-state index in [0.29, 0.717) is 0 Å². The van der Waals surface area contributed by atoms with Crippen molar-refractivity contribution in [3.05, 3.63) is 30.3 Å². The van der Waals surface area contributed by atoms with Crippen molar-refractivity contribution in [3.63, 3.8) is 0 Å². The molecule has 0 unspecified atom stereocenters. The first-order valence-corrected chi connectivity index (χ1v) is 6.38. The number of benzene rings is 1. The number of nitrogens with zero attached hydrogens (tertiary/aromatic N) is 1. The van der Waals surface area contributed by atoms with Gasteiger partial charge in [0.15, 0.2) is 0 Å². The maximum Gasteiger partial charge on any atom is 0.0593 e. The van der Waals surface area contributed by atoms with Gasteiger partial charge in [0.05, 0.1) is 6.61 Å². The van der Waals surface area contributed by atoms with Crippen molar-refractivity contribution in [2.75, 3.05) is 45.2 Å². The zero-order valence-corrected chi connectivity index (χ0v) is 11.0. The van der Waals surface area contributed by atoms with Gasteiger partial charge in [-0.1, -0.05) is 18.2 Å². The summed E-state index contributed by atoms with van der Waals surface area (Å²) in [5, 5.41) is 3.41. The SMILES string of the molecule is CCOCCN(C)CCCNc1ccccc1. The second kappa shape index (κ2) is 9.02. The number of anilines is 1. The summed E-state index contributed by atoms with van der Waals surface area (Å²) in [6.07, 6.45) is 1.15. The third kappa shape index (κ3) is 6.97. The Morgan fingerprint density at radius 1 is 1.18 bits per heavy atom. The highest BCUT2D eigenvalue weighted by Gasteiger charge is 1.97. The van der Waals surface area contributed by atoms with E-state index in [1.165, 1.54) is 5.69 Å². The number of likely N-dealkylation sites (N-methyl/N-ethyl adjacent to an activating group) is 1. The normalized spacial score (nSPS) is 10.8. The molecule has 96 valence electrons. The fraction of sp³-hybridized carbons (Fsp3) is 0.571. The molecule has 0 atom stereocenters. The molecule has 0 aliphatic carbocycles. The highest BCUT2D eigenvalue weighted by atomic mass is 16.5. The van der Waals surface area contributed by atoms with E-state index < -0.39 is 0 Å². The van der Waals surface area contributed by atoms with E-state index in [9.17, 15) is 0 Å². The van der Waals surface area contributed by atoms with Crippen molar-refractivity contribution in [1.82, 2.24) is 4.90 Å². The summed E-state index contributed by atoms with van der Waals surface area (Å²) in [6.45, 7) is 6.81. The van der Waals surface area contributed by atoms with Gasteiger partial charge in [-0.2, -0.15) is 0 Å². The second-order valence-corrected chi connectivity index (χ2v) is 4.15. The average Bonchev–Trinajstić information content (AvgIpc) is 2.36. The van der Waals surface area contributed by atoms with E-state index in [0.717, 1.165) is 39.3 Å². The minimum atomic E-state index is 0.809. The van der Waals surface area contributed by atoms with Gasteiger partial charge in [-0.25, -0.2) is 0 Å². The van der Waals surface area contributed by atoms with Gasteiger partial charge in [-0.3, -0.25) is 0 Å². The van der Waals surface area contributed by atoms with Gasteiger partial charge < -0.3 is 15.0 Å². The van der Waals surface area contributed by atoms with Crippen LogP contribution in [0.4, 0.5) is 5.69 Å². The van der Waals surface area contributed by atoms with Gasteiger partial charge in [0.1, 0.15) is 0 Å². The Hall–Kier alpha value is -1.06. The van der Waals surface area contributed by atoms with Crippen LogP contribution in [0, 0.1) is 0 Å². The Balaban J connectivity index is 2.00. The van der Waals surface area contributed by atoms with Crippen LogP contribution >= 0.6 is 0 Å². The van der Waals surface area contributed by atoms with Crippen LogP contribution in [0.1, 0.15) is 13.3 Å². The number of hydrogen-bond donors (Lipinski definition) is 1. The lowest BCUT2D eigenvalue weighted by Gasteiger charge is -2.16. The number of rotatable bonds is 9. The van der Waals surface area contributed by atoms with Gasteiger partial charge in [-0.05, 0) is 39.1 Å². The average molecular weight is 236 g/mol. The predicted molar refractivity (Wildman–Crippen MR) is 73.5 cm³/mol. The molecule has 0 bridgehead atoms. The van der Waals surface area contributed by atoms with Gasteiger partial charge in [0.25, 0.3) is 0 Å².